The molecule has 2 N–H and O–H groups in total. The first-order chi connectivity index (χ1) is 14.7. The van der Waals surface area contributed by atoms with Crippen LogP contribution in [-0.2, 0) is 10.4 Å². The number of oxazole rings is 1. The lowest BCUT2D eigenvalue weighted by atomic mass is 9.83. The van der Waals surface area contributed by atoms with Gasteiger partial charge in [-0.1, -0.05) is 6.07 Å². The monoisotopic (exact) mass is 421 g/mol. The number of fused-ring (bicyclic) bond motifs is 1. The minimum Gasteiger partial charge on any atom is -0.440 e. The maximum Gasteiger partial charge on any atom is 0.274 e. The van der Waals surface area contributed by atoms with Gasteiger partial charge in [-0.15, -0.1) is 0 Å². The van der Waals surface area contributed by atoms with E-state index in [4.69, 9.17) is 4.42 Å². The molecule has 1 saturated carbocycles. The number of nitrogens with zero attached hydrogens (tertiary/aromatic N) is 2. The summed E-state index contributed by atoms with van der Waals surface area (Å²) in [6, 6.07) is 8.72. The predicted octanol–water partition coefficient (Wildman–Crippen LogP) is 4.48. The Labute approximate surface area is 180 Å². The Balaban J connectivity index is 1.67. The van der Waals surface area contributed by atoms with Crippen LogP contribution in [0.3, 0.4) is 0 Å². The smallest absolute Gasteiger partial charge is 0.274 e. The third-order valence-corrected chi connectivity index (χ3v) is 5.89. The van der Waals surface area contributed by atoms with Crippen LogP contribution in [0.4, 0.5) is 5.69 Å². The van der Waals surface area contributed by atoms with Gasteiger partial charge in [0.05, 0.1) is 11.3 Å². The van der Waals surface area contributed by atoms with Crippen molar-refractivity contribution in [3.8, 4) is 0 Å². The van der Waals surface area contributed by atoms with Gasteiger partial charge in [0.2, 0.25) is 0 Å². The molecule has 1 aliphatic rings. The number of rotatable bonds is 5. The highest BCUT2D eigenvalue weighted by molar-refractivity contribution is 6.04. The van der Waals surface area contributed by atoms with Crippen molar-refractivity contribution in [2.75, 3.05) is 5.32 Å². The van der Waals surface area contributed by atoms with Crippen molar-refractivity contribution >= 4 is 29.0 Å². The zero-order chi connectivity index (χ0) is 22.2. The minimum absolute atomic E-state index is 0.125. The number of anilines is 1. The van der Waals surface area contributed by atoms with Gasteiger partial charge in [-0.25, -0.2) is 9.97 Å². The van der Waals surface area contributed by atoms with E-state index in [1.807, 2.05) is 13.0 Å². The molecule has 0 bridgehead atoms. The number of benzene rings is 1. The summed E-state index contributed by atoms with van der Waals surface area (Å²) in [7, 11) is 0. The third kappa shape index (κ3) is 4.51. The summed E-state index contributed by atoms with van der Waals surface area (Å²) in [5, 5.41) is 13.6. The average molecular weight is 421 g/mol. The highest BCUT2D eigenvalue weighted by Crippen LogP contribution is 2.38. The topological polar surface area (TPSA) is 105 Å². The van der Waals surface area contributed by atoms with E-state index in [-0.39, 0.29) is 17.7 Å². The van der Waals surface area contributed by atoms with Crippen LogP contribution in [-0.4, -0.2) is 27.3 Å². The lowest BCUT2D eigenvalue weighted by molar-refractivity contribution is -0.112. The predicted molar refractivity (Wildman–Crippen MR) is 117 cm³/mol. The number of aliphatic hydroxyl groups is 1. The van der Waals surface area contributed by atoms with E-state index in [1.165, 1.54) is 0 Å². The second-order valence-electron chi connectivity index (χ2n) is 8.84. The molecular weight excluding hydrogens is 394 g/mol. The molecule has 2 heterocycles. The number of carbonyl (C=O) groups excluding carboxylic acids is 2. The highest BCUT2D eigenvalue weighted by atomic mass is 16.3. The molecule has 31 heavy (non-hydrogen) atoms. The average Bonchev–Trinajstić information content (AvgIpc) is 3.15. The van der Waals surface area contributed by atoms with Gasteiger partial charge in [0.1, 0.15) is 17.5 Å². The van der Waals surface area contributed by atoms with Gasteiger partial charge in [-0.3, -0.25) is 4.79 Å². The highest BCUT2D eigenvalue weighted by Gasteiger charge is 2.28. The molecule has 1 amide bonds. The van der Waals surface area contributed by atoms with Crippen LogP contribution in [0.25, 0.3) is 11.1 Å². The molecule has 2 aromatic heterocycles. The van der Waals surface area contributed by atoms with E-state index in [0.717, 1.165) is 37.7 Å². The molecule has 0 saturated heterocycles. The van der Waals surface area contributed by atoms with E-state index in [9.17, 15) is 14.7 Å². The Hall–Kier alpha value is -3.06. The van der Waals surface area contributed by atoms with Gasteiger partial charge in [0.25, 0.3) is 5.91 Å². The standard InChI is InChI=1S/C24H27N3O4/c1-14-5-4-6-18(25-14)22(29)26-19-12-21-20(11-17(19)24(2,3)30)27-23(31-21)16-9-7-15(13-28)8-10-16/h4-6,11-13,15-16,30H,7-10H2,1-3H3,(H,26,29). The summed E-state index contributed by atoms with van der Waals surface area (Å²) in [6.45, 7) is 5.15. The number of hydrogen-bond acceptors (Lipinski definition) is 6. The van der Waals surface area contributed by atoms with E-state index >= 15 is 0 Å². The number of nitrogens with one attached hydrogen (secondary N) is 1. The normalized spacial score (nSPS) is 19.4. The molecule has 3 aromatic rings. The van der Waals surface area contributed by atoms with Crippen LogP contribution < -0.4 is 5.32 Å². The SMILES string of the molecule is Cc1cccc(C(=O)Nc2cc3oc(C4CCC(C=O)CC4)nc3cc2C(C)(C)O)n1. The fraction of sp³-hybridized carbons (Fsp3) is 0.417. The number of aldehydes is 1. The van der Waals surface area contributed by atoms with Gasteiger partial charge in [0.15, 0.2) is 11.5 Å². The summed E-state index contributed by atoms with van der Waals surface area (Å²) in [5.41, 5.74) is 2.04. The zero-order valence-electron chi connectivity index (χ0n) is 18.0. The molecule has 1 aromatic carbocycles. The van der Waals surface area contributed by atoms with Crippen LogP contribution in [0.5, 0.6) is 0 Å². The zero-order valence-corrected chi connectivity index (χ0v) is 18.0. The van der Waals surface area contributed by atoms with Gasteiger partial charge in [0, 0.05) is 29.2 Å². The molecular formula is C24H27N3O4. The molecule has 1 fully saturated rings. The van der Waals surface area contributed by atoms with Crippen LogP contribution in [0.1, 0.15) is 73.1 Å². The first-order valence-corrected chi connectivity index (χ1v) is 10.6. The van der Waals surface area contributed by atoms with Crippen molar-refractivity contribution in [1.82, 2.24) is 9.97 Å². The molecule has 0 unspecified atom stereocenters. The number of aryl methyl sites for hydroxylation is 1. The van der Waals surface area contributed by atoms with Crippen molar-refractivity contribution < 1.29 is 19.1 Å². The molecule has 1 aliphatic carbocycles. The lowest BCUT2D eigenvalue weighted by Crippen LogP contribution is -2.21. The summed E-state index contributed by atoms with van der Waals surface area (Å²) in [6.07, 6.45) is 4.43. The molecule has 0 radical (unpaired) electrons. The number of carbonyl (C=O) groups is 2. The Morgan fingerprint density at radius 3 is 2.58 bits per heavy atom. The molecule has 162 valence electrons. The first kappa shape index (κ1) is 21.2. The van der Waals surface area contributed by atoms with Crippen molar-refractivity contribution in [1.29, 1.82) is 0 Å². The van der Waals surface area contributed by atoms with E-state index < -0.39 is 5.60 Å². The molecule has 7 heteroatoms. The number of aromatic nitrogens is 2. The van der Waals surface area contributed by atoms with E-state index in [2.05, 4.69) is 15.3 Å². The molecule has 4 rings (SSSR count). The number of hydrogen-bond donors (Lipinski definition) is 2. The first-order valence-electron chi connectivity index (χ1n) is 10.6. The van der Waals surface area contributed by atoms with Crippen molar-refractivity contribution in [3.63, 3.8) is 0 Å². The van der Waals surface area contributed by atoms with E-state index in [1.54, 1.807) is 38.1 Å². The van der Waals surface area contributed by atoms with Crippen molar-refractivity contribution in [3.05, 3.63) is 53.2 Å². The van der Waals surface area contributed by atoms with Gasteiger partial charge in [-0.2, -0.15) is 0 Å². The van der Waals surface area contributed by atoms with Crippen LogP contribution in [0.2, 0.25) is 0 Å². The third-order valence-electron chi connectivity index (χ3n) is 5.89. The van der Waals surface area contributed by atoms with Crippen LogP contribution >= 0.6 is 0 Å². The van der Waals surface area contributed by atoms with Gasteiger partial charge in [-0.05, 0) is 64.7 Å². The van der Waals surface area contributed by atoms with Crippen molar-refractivity contribution in [2.45, 2.75) is 58.0 Å². The van der Waals surface area contributed by atoms with Crippen molar-refractivity contribution in [2.24, 2.45) is 5.92 Å². The Bertz CT molecular complexity index is 1120. The van der Waals surface area contributed by atoms with Crippen LogP contribution in [0.15, 0.2) is 34.7 Å². The summed E-state index contributed by atoms with van der Waals surface area (Å²) in [5.74, 6) is 0.577. The number of pyridine rings is 1. The molecule has 0 aliphatic heterocycles. The number of amides is 1. The summed E-state index contributed by atoms with van der Waals surface area (Å²) < 4.78 is 6.04. The van der Waals surface area contributed by atoms with Crippen LogP contribution in [0, 0.1) is 12.8 Å². The van der Waals surface area contributed by atoms with Gasteiger partial charge < -0.3 is 19.6 Å². The second-order valence-corrected chi connectivity index (χ2v) is 8.84. The lowest BCUT2D eigenvalue weighted by Gasteiger charge is -2.22. The van der Waals surface area contributed by atoms with Gasteiger partial charge >= 0.3 is 0 Å². The van der Waals surface area contributed by atoms with E-state index in [0.29, 0.717) is 33.9 Å². The summed E-state index contributed by atoms with van der Waals surface area (Å²) in [4.78, 5) is 32.7. The Morgan fingerprint density at radius 1 is 1.19 bits per heavy atom. The second kappa shape index (κ2) is 8.23. The quantitative estimate of drug-likeness (QED) is 0.588. The maximum atomic E-state index is 12.8. The fourth-order valence-electron chi connectivity index (χ4n) is 4.13. The Morgan fingerprint density at radius 2 is 1.94 bits per heavy atom. The Kier molecular flexibility index (Phi) is 5.62. The molecule has 0 atom stereocenters. The molecule has 7 nitrogen and oxygen atoms in total. The summed E-state index contributed by atoms with van der Waals surface area (Å²) >= 11 is 0. The minimum atomic E-state index is -1.20. The largest absolute Gasteiger partial charge is 0.440 e. The fourth-order valence-corrected chi connectivity index (χ4v) is 4.13. The maximum absolute atomic E-state index is 12.8. The molecule has 0 spiro atoms.